The Morgan fingerprint density at radius 3 is 2.60 bits per heavy atom. The van der Waals surface area contributed by atoms with Gasteiger partial charge in [-0.1, -0.05) is 0 Å². The van der Waals surface area contributed by atoms with Crippen molar-refractivity contribution in [3.05, 3.63) is 0 Å². The molecule has 10 heavy (non-hydrogen) atoms. The Morgan fingerprint density at radius 2 is 2.30 bits per heavy atom. The first kappa shape index (κ1) is 8.14. The maximum absolute atomic E-state index is 12.4. The standard InChI is InChI=1S/C4H8FO4P/c5-4(10(6,7)8)1-3-2-9-3/h3-4H,1-2H2,(H2,6,7,8). The predicted octanol–water partition coefficient (Wildman–Crippen LogP) is 0.249. The van der Waals surface area contributed by atoms with E-state index in [9.17, 15) is 8.96 Å². The van der Waals surface area contributed by atoms with Gasteiger partial charge in [-0.25, -0.2) is 4.39 Å². The first-order valence-electron chi connectivity index (χ1n) is 2.81. The second kappa shape index (κ2) is 2.58. The van der Waals surface area contributed by atoms with Gasteiger partial charge in [-0.3, -0.25) is 4.57 Å². The minimum atomic E-state index is -4.52. The van der Waals surface area contributed by atoms with Crippen LogP contribution in [0.25, 0.3) is 0 Å². The molecule has 2 N–H and O–H groups in total. The van der Waals surface area contributed by atoms with E-state index in [1.165, 1.54) is 0 Å². The van der Waals surface area contributed by atoms with Crippen LogP contribution in [-0.4, -0.2) is 28.4 Å². The van der Waals surface area contributed by atoms with Crippen molar-refractivity contribution in [2.24, 2.45) is 0 Å². The van der Waals surface area contributed by atoms with Crippen LogP contribution in [-0.2, 0) is 9.30 Å². The van der Waals surface area contributed by atoms with Crippen LogP contribution >= 0.6 is 7.60 Å². The van der Waals surface area contributed by atoms with Crippen LogP contribution in [0, 0.1) is 0 Å². The van der Waals surface area contributed by atoms with Gasteiger partial charge < -0.3 is 14.5 Å². The van der Waals surface area contributed by atoms with Gasteiger partial charge in [0, 0.05) is 6.42 Å². The minimum absolute atomic E-state index is 0.190. The van der Waals surface area contributed by atoms with Crippen molar-refractivity contribution < 1.29 is 23.5 Å². The van der Waals surface area contributed by atoms with E-state index in [1.807, 2.05) is 0 Å². The highest BCUT2D eigenvalue weighted by Crippen LogP contribution is 2.45. The van der Waals surface area contributed by atoms with Crippen molar-refractivity contribution in [3.63, 3.8) is 0 Å². The van der Waals surface area contributed by atoms with Crippen LogP contribution in [0.4, 0.5) is 4.39 Å². The third-order valence-corrected chi connectivity index (χ3v) is 2.17. The Balaban J connectivity index is 2.32. The summed E-state index contributed by atoms with van der Waals surface area (Å²) in [6, 6.07) is 0. The Labute approximate surface area is 57.2 Å². The molecule has 60 valence electrons. The second-order valence-corrected chi connectivity index (χ2v) is 3.95. The Morgan fingerprint density at radius 1 is 1.80 bits per heavy atom. The van der Waals surface area contributed by atoms with Gasteiger partial charge >= 0.3 is 7.60 Å². The molecule has 0 spiro atoms. The topological polar surface area (TPSA) is 70.1 Å². The smallest absolute Gasteiger partial charge is 0.359 e. The van der Waals surface area contributed by atoms with Gasteiger partial charge in [0.15, 0.2) is 0 Å². The zero-order chi connectivity index (χ0) is 7.78. The molecule has 0 radical (unpaired) electrons. The minimum Gasteiger partial charge on any atom is -0.373 e. The van der Waals surface area contributed by atoms with E-state index in [4.69, 9.17) is 9.79 Å². The van der Waals surface area contributed by atoms with Crippen LogP contribution < -0.4 is 0 Å². The summed E-state index contributed by atoms with van der Waals surface area (Å²) in [5, 5.41) is 0. The third kappa shape index (κ3) is 2.34. The summed E-state index contributed by atoms with van der Waals surface area (Å²) >= 11 is 0. The molecule has 0 aromatic rings. The molecule has 2 atom stereocenters. The summed E-state index contributed by atoms with van der Waals surface area (Å²) in [4.78, 5) is 16.5. The predicted molar refractivity (Wildman–Crippen MR) is 31.3 cm³/mol. The zero-order valence-electron chi connectivity index (χ0n) is 5.11. The lowest BCUT2D eigenvalue weighted by Crippen LogP contribution is -2.04. The summed E-state index contributed by atoms with van der Waals surface area (Å²) in [5.41, 5.74) is 0. The van der Waals surface area contributed by atoms with Crippen molar-refractivity contribution in [1.82, 2.24) is 0 Å². The highest BCUT2D eigenvalue weighted by atomic mass is 31.2. The molecule has 0 aromatic carbocycles. The fourth-order valence-corrected chi connectivity index (χ4v) is 1.07. The Hall–Kier alpha value is 0.0400. The number of rotatable bonds is 3. The average molecular weight is 170 g/mol. The van der Waals surface area contributed by atoms with E-state index in [2.05, 4.69) is 4.74 Å². The summed E-state index contributed by atoms with van der Waals surface area (Å²) in [5.74, 6) is -2.06. The summed E-state index contributed by atoms with van der Waals surface area (Å²) in [6.45, 7) is 0.417. The van der Waals surface area contributed by atoms with E-state index in [0.29, 0.717) is 6.61 Å². The summed E-state index contributed by atoms with van der Waals surface area (Å²) in [6.07, 6.45) is -0.466. The first-order chi connectivity index (χ1) is 4.50. The van der Waals surface area contributed by atoms with E-state index in [-0.39, 0.29) is 12.5 Å². The Bertz CT molecular complexity index is 163. The number of halogens is 1. The molecular weight excluding hydrogens is 162 g/mol. The average Bonchev–Trinajstić information content (AvgIpc) is 2.47. The maximum Gasteiger partial charge on any atom is 0.359 e. The van der Waals surface area contributed by atoms with E-state index >= 15 is 0 Å². The van der Waals surface area contributed by atoms with Crippen molar-refractivity contribution >= 4 is 7.60 Å². The molecule has 1 heterocycles. The number of epoxide rings is 1. The van der Waals surface area contributed by atoms with E-state index in [0.717, 1.165) is 0 Å². The highest BCUT2D eigenvalue weighted by Gasteiger charge is 2.35. The van der Waals surface area contributed by atoms with Crippen molar-refractivity contribution in [1.29, 1.82) is 0 Å². The molecule has 0 aromatic heterocycles. The summed E-state index contributed by atoms with van der Waals surface area (Å²) < 4.78 is 27.1. The lowest BCUT2D eigenvalue weighted by Gasteiger charge is -2.06. The molecule has 6 heteroatoms. The van der Waals surface area contributed by atoms with Crippen LogP contribution in [0.3, 0.4) is 0 Å². The fraction of sp³-hybridized carbons (Fsp3) is 1.00. The lowest BCUT2D eigenvalue weighted by atomic mass is 10.4. The molecule has 0 bridgehead atoms. The third-order valence-electron chi connectivity index (χ3n) is 1.22. The molecule has 1 saturated heterocycles. The van der Waals surface area contributed by atoms with Crippen molar-refractivity contribution in [2.45, 2.75) is 18.4 Å². The number of alkyl halides is 1. The lowest BCUT2D eigenvalue weighted by molar-refractivity contribution is 0.272. The van der Waals surface area contributed by atoms with Gasteiger partial charge in [-0.2, -0.15) is 0 Å². The number of ether oxygens (including phenoxy) is 1. The van der Waals surface area contributed by atoms with E-state index < -0.39 is 13.5 Å². The van der Waals surface area contributed by atoms with Crippen LogP contribution in [0.5, 0.6) is 0 Å². The fourth-order valence-electron chi connectivity index (χ4n) is 0.558. The summed E-state index contributed by atoms with van der Waals surface area (Å²) in [7, 11) is -4.52. The van der Waals surface area contributed by atoms with E-state index in [1.54, 1.807) is 0 Å². The van der Waals surface area contributed by atoms with Gasteiger partial charge in [0.2, 0.25) is 5.91 Å². The van der Waals surface area contributed by atoms with Gasteiger partial charge in [0.25, 0.3) is 0 Å². The van der Waals surface area contributed by atoms with Crippen molar-refractivity contribution in [2.75, 3.05) is 6.61 Å². The molecule has 0 saturated carbocycles. The largest absolute Gasteiger partial charge is 0.373 e. The molecule has 2 unspecified atom stereocenters. The molecule has 4 nitrogen and oxygen atoms in total. The normalized spacial score (nSPS) is 28.1. The molecule has 1 rings (SSSR count). The first-order valence-corrected chi connectivity index (χ1v) is 4.49. The van der Waals surface area contributed by atoms with Gasteiger partial charge in [-0.05, 0) is 0 Å². The zero-order valence-corrected chi connectivity index (χ0v) is 6.00. The van der Waals surface area contributed by atoms with Crippen molar-refractivity contribution in [3.8, 4) is 0 Å². The molecular formula is C4H8FO4P. The SMILES string of the molecule is O=P(O)(O)C(F)CC1CO1. The Kier molecular flexibility index (Phi) is 2.10. The van der Waals surface area contributed by atoms with Crippen LogP contribution in [0.2, 0.25) is 0 Å². The maximum atomic E-state index is 12.4. The monoisotopic (exact) mass is 170 g/mol. The molecule has 0 aliphatic carbocycles. The molecule has 0 amide bonds. The second-order valence-electron chi connectivity index (χ2n) is 2.21. The van der Waals surface area contributed by atoms with Crippen LogP contribution in [0.15, 0.2) is 0 Å². The number of hydrogen-bond acceptors (Lipinski definition) is 2. The quantitative estimate of drug-likeness (QED) is 0.470. The van der Waals surface area contributed by atoms with Gasteiger partial charge in [0.1, 0.15) is 0 Å². The molecule has 1 aliphatic heterocycles. The van der Waals surface area contributed by atoms with Gasteiger partial charge in [0.05, 0.1) is 12.7 Å². The van der Waals surface area contributed by atoms with Gasteiger partial charge in [-0.15, -0.1) is 0 Å². The molecule has 1 fully saturated rings. The number of hydrogen-bond donors (Lipinski definition) is 2. The molecule has 1 aliphatic rings. The highest BCUT2D eigenvalue weighted by molar-refractivity contribution is 7.52. The van der Waals surface area contributed by atoms with Crippen LogP contribution in [0.1, 0.15) is 6.42 Å².